The van der Waals surface area contributed by atoms with Crippen LogP contribution in [0.5, 0.6) is 0 Å². The number of hydrogen-bond donors (Lipinski definition) is 0. The summed E-state index contributed by atoms with van der Waals surface area (Å²) in [4.78, 5) is 4.31. The first-order chi connectivity index (χ1) is 9.32. The van der Waals surface area contributed by atoms with Crippen molar-refractivity contribution in [1.82, 2.24) is 4.98 Å². The molecule has 106 valence electrons. The van der Waals surface area contributed by atoms with E-state index < -0.39 is 10.0 Å². The van der Waals surface area contributed by atoms with Gasteiger partial charge in [0.1, 0.15) is 5.82 Å². The first kappa shape index (κ1) is 14.8. The predicted octanol–water partition coefficient (Wildman–Crippen LogP) is 3.18. The number of pyridine rings is 1. The van der Waals surface area contributed by atoms with Gasteiger partial charge in [-0.25, -0.2) is 13.4 Å². The molecule has 1 heterocycles. The molecule has 2 aromatic rings. The van der Waals surface area contributed by atoms with Crippen LogP contribution in [0.1, 0.15) is 11.1 Å². The third-order valence-corrected chi connectivity index (χ3v) is 5.15. The van der Waals surface area contributed by atoms with Crippen molar-refractivity contribution in [2.45, 2.75) is 18.7 Å². The van der Waals surface area contributed by atoms with Crippen LogP contribution in [0, 0.1) is 13.8 Å². The lowest BCUT2D eigenvalue weighted by atomic mass is 10.2. The van der Waals surface area contributed by atoms with E-state index in [1.54, 1.807) is 31.2 Å². The van der Waals surface area contributed by atoms with Gasteiger partial charge in [-0.1, -0.05) is 29.3 Å². The number of nitrogens with zero attached hydrogens (tertiary/aromatic N) is 2. The SMILES string of the molecule is Cc1ccc(S(=O)(=O)N(C)c2ccc(Cl)cn2)c(C)c1. The topological polar surface area (TPSA) is 50.3 Å². The maximum Gasteiger partial charge on any atom is 0.265 e. The normalized spacial score (nSPS) is 11.4. The van der Waals surface area contributed by atoms with Crippen LogP contribution in [-0.4, -0.2) is 20.4 Å². The second-order valence-electron chi connectivity index (χ2n) is 4.58. The van der Waals surface area contributed by atoms with Crippen LogP contribution < -0.4 is 4.31 Å². The smallest absolute Gasteiger partial charge is 0.253 e. The number of hydrogen-bond acceptors (Lipinski definition) is 3. The van der Waals surface area contributed by atoms with E-state index in [1.165, 1.54) is 13.2 Å². The number of aromatic nitrogens is 1. The standard InChI is InChI=1S/C14H15ClN2O2S/c1-10-4-6-13(11(2)8-10)20(18,19)17(3)14-7-5-12(15)9-16-14/h4-9H,1-3H3. The minimum atomic E-state index is -3.62. The highest BCUT2D eigenvalue weighted by Crippen LogP contribution is 2.24. The molecule has 0 radical (unpaired) electrons. The zero-order valence-corrected chi connectivity index (χ0v) is 13.0. The number of rotatable bonds is 3. The lowest BCUT2D eigenvalue weighted by molar-refractivity contribution is 0.593. The molecule has 4 nitrogen and oxygen atoms in total. The highest BCUT2D eigenvalue weighted by Gasteiger charge is 2.23. The second-order valence-corrected chi connectivity index (χ2v) is 6.95. The Morgan fingerprint density at radius 3 is 2.40 bits per heavy atom. The summed E-state index contributed by atoms with van der Waals surface area (Å²) in [5.74, 6) is 0.328. The summed E-state index contributed by atoms with van der Waals surface area (Å²) in [5, 5.41) is 0.464. The Morgan fingerprint density at radius 1 is 1.15 bits per heavy atom. The molecular weight excluding hydrogens is 296 g/mol. The van der Waals surface area contributed by atoms with Crippen molar-refractivity contribution in [3.05, 3.63) is 52.7 Å². The third kappa shape index (κ3) is 2.78. The monoisotopic (exact) mass is 310 g/mol. The molecule has 20 heavy (non-hydrogen) atoms. The molecule has 0 saturated heterocycles. The van der Waals surface area contributed by atoms with Crippen LogP contribution in [0.15, 0.2) is 41.4 Å². The van der Waals surface area contributed by atoms with Crippen LogP contribution in [0.3, 0.4) is 0 Å². The molecule has 0 N–H and O–H groups in total. The molecule has 0 amide bonds. The number of halogens is 1. The molecule has 0 aliphatic carbocycles. The van der Waals surface area contributed by atoms with Crippen molar-refractivity contribution >= 4 is 27.4 Å². The fourth-order valence-corrected chi connectivity index (χ4v) is 3.38. The highest BCUT2D eigenvalue weighted by molar-refractivity contribution is 7.92. The molecule has 0 saturated carbocycles. The van der Waals surface area contributed by atoms with E-state index in [2.05, 4.69) is 4.98 Å². The van der Waals surface area contributed by atoms with E-state index in [-0.39, 0.29) is 4.90 Å². The second kappa shape index (κ2) is 5.42. The highest BCUT2D eigenvalue weighted by atomic mass is 35.5. The van der Waals surface area contributed by atoms with Gasteiger partial charge >= 0.3 is 0 Å². The molecule has 0 spiro atoms. The molecular formula is C14H15ClN2O2S. The molecule has 0 fully saturated rings. The number of sulfonamides is 1. The van der Waals surface area contributed by atoms with E-state index in [1.807, 2.05) is 13.0 Å². The van der Waals surface area contributed by atoms with Crippen LogP contribution in [-0.2, 0) is 10.0 Å². The summed E-state index contributed by atoms with van der Waals surface area (Å²) in [7, 11) is -2.15. The van der Waals surface area contributed by atoms with Crippen molar-refractivity contribution in [3.8, 4) is 0 Å². The summed E-state index contributed by atoms with van der Waals surface area (Å²) >= 11 is 5.76. The summed E-state index contributed by atoms with van der Waals surface area (Å²) in [6, 6.07) is 8.42. The maximum absolute atomic E-state index is 12.6. The Morgan fingerprint density at radius 2 is 1.85 bits per heavy atom. The minimum Gasteiger partial charge on any atom is -0.253 e. The maximum atomic E-state index is 12.6. The largest absolute Gasteiger partial charge is 0.265 e. The zero-order valence-electron chi connectivity index (χ0n) is 11.5. The van der Waals surface area contributed by atoms with Gasteiger partial charge in [0.15, 0.2) is 0 Å². The van der Waals surface area contributed by atoms with Crippen molar-refractivity contribution in [2.75, 3.05) is 11.4 Å². The van der Waals surface area contributed by atoms with Crippen molar-refractivity contribution < 1.29 is 8.42 Å². The Bertz CT molecular complexity index is 727. The summed E-state index contributed by atoms with van der Waals surface area (Å²) in [6.07, 6.45) is 1.42. The van der Waals surface area contributed by atoms with Gasteiger partial charge in [-0.3, -0.25) is 4.31 Å². The predicted molar refractivity (Wildman–Crippen MR) is 80.8 cm³/mol. The summed E-state index contributed by atoms with van der Waals surface area (Å²) in [5.41, 5.74) is 1.74. The molecule has 0 aliphatic heterocycles. The molecule has 0 atom stereocenters. The number of anilines is 1. The molecule has 0 unspecified atom stereocenters. The first-order valence-corrected chi connectivity index (χ1v) is 7.82. The Labute approximate surface area is 124 Å². The minimum absolute atomic E-state index is 0.280. The van der Waals surface area contributed by atoms with E-state index in [0.717, 1.165) is 9.87 Å². The number of aryl methyl sites for hydroxylation is 2. The molecule has 1 aromatic heterocycles. The summed E-state index contributed by atoms with van der Waals surface area (Å²) < 4.78 is 26.4. The summed E-state index contributed by atoms with van der Waals surface area (Å²) in [6.45, 7) is 3.71. The Hall–Kier alpha value is -1.59. The number of benzene rings is 1. The van der Waals surface area contributed by atoms with Crippen LogP contribution >= 0.6 is 11.6 Å². The van der Waals surface area contributed by atoms with Gasteiger partial charge in [0.25, 0.3) is 10.0 Å². The van der Waals surface area contributed by atoms with Gasteiger partial charge in [0, 0.05) is 13.2 Å². The van der Waals surface area contributed by atoms with Crippen LogP contribution in [0.25, 0.3) is 0 Å². The van der Waals surface area contributed by atoms with Crippen LogP contribution in [0.4, 0.5) is 5.82 Å². The quantitative estimate of drug-likeness (QED) is 0.875. The van der Waals surface area contributed by atoms with Crippen molar-refractivity contribution in [2.24, 2.45) is 0 Å². The fraction of sp³-hybridized carbons (Fsp3) is 0.214. The van der Waals surface area contributed by atoms with Crippen LogP contribution in [0.2, 0.25) is 5.02 Å². The average Bonchev–Trinajstić information content (AvgIpc) is 2.38. The van der Waals surface area contributed by atoms with Gasteiger partial charge in [-0.05, 0) is 37.6 Å². The zero-order chi connectivity index (χ0) is 14.9. The molecule has 2 rings (SSSR count). The van der Waals surface area contributed by atoms with Gasteiger partial charge in [-0.15, -0.1) is 0 Å². The Balaban J connectivity index is 2.46. The van der Waals surface area contributed by atoms with Gasteiger partial charge in [0.2, 0.25) is 0 Å². The Kier molecular flexibility index (Phi) is 4.01. The fourth-order valence-electron chi connectivity index (χ4n) is 1.91. The van der Waals surface area contributed by atoms with Crippen molar-refractivity contribution in [1.29, 1.82) is 0 Å². The lowest BCUT2D eigenvalue weighted by Gasteiger charge is -2.19. The molecule has 6 heteroatoms. The van der Waals surface area contributed by atoms with E-state index in [0.29, 0.717) is 16.4 Å². The molecule has 0 bridgehead atoms. The van der Waals surface area contributed by atoms with E-state index in [9.17, 15) is 8.42 Å². The average molecular weight is 311 g/mol. The van der Waals surface area contributed by atoms with Crippen molar-refractivity contribution in [3.63, 3.8) is 0 Å². The van der Waals surface area contributed by atoms with Gasteiger partial charge in [0.05, 0.1) is 9.92 Å². The third-order valence-electron chi connectivity index (χ3n) is 3.00. The van der Waals surface area contributed by atoms with Gasteiger partial charge in [-0.2, -0.15) is 0 Å². The first-order valence-electron chi connectivity index (χ1n) is 6.00. The molecule has 0 aliphatic rings. The van der Waals surface area contributed by atoms with E-state index in [4.69, 9.17) is 11.6 Å². The van der Waals surface area contributed by atoms with E-state index >= 15 is 0 Å². The molecule has 1 aromatic carbocycles. The van der Waals surface area contributed by atoms with Gasteiger partial charge < -0.3 is 0 Å². The lowest BCUT2D eigenvalue weighted by Crippen LogP contribution is -2.27.